The van der Waals surface area contributed by atoms with Crippen LogP contribution in [-0.4, -0.2) is 56.6 Å². The number of carbonyl (C=O) groups is 1. The smallest absolute Gasteiger partial charge is 0.397 e. The van der Waals surface area contributed by atoms with Crippen LogP contribution in [-0.2, 0) is 9.36 Å². The van der Waals surface area contributed by atoms with Crippen molar-refractivity contribution in [3.05, 3.63) is 12.7 Å². The van der Waals surface area contributed by atoms with E-state index in [2.05, 4.69) is 6.58 Å². The molecule has 7 nitrogen and oxygen atoms in total. The summed E-state index contributed by atoms with van der Waals surface area (Å²) in [5.41, 5.74) is 0. The van der Waals surface area contributed by atoms with Gasteiger partial charge in [-0.2, -0.15) is 0 Å². The van der Waals surface area contributed by atoms with Gasteiger partial charge in [-0.25, -0.2) is 4.79 Å². The molecule has 0 saturated carbocycles. The highest BCUT2D eigenvalue weighted by Gasteiger charge is 2.65. The van der Waals surface area contributed by atoms with E-state index in [0.29, 0.717) is 0 Å². The molecule has 1 unspecified atom stereocenters. The highest BCUT2D eigenvalue weighted by Crippen LogP contribution is 2.56. The number of aliphatic hydroxyl groups is 1. The van der Waals surface area contributed by atoms with Gasteiger partial charge in [0.25, 0.3) is 0 Å². The second-order valence-corrected chi connectivity index (χ2v) is 5.81. The quantitative estimate of drug-likeness (QED) is 0.221. The molecule has 0 bridgehead atoms. The second-order valence-electron chi connectivity index (χ2n) is 3.99. The first-order valence-corrected chi connectivity index (χ1v) is 6.02. The summed E-state index contributed by atoms with van der Waals surface area (Å²) < 4.78 is 10.7. The minimum absolute atomic E-state index is 0.444. The molecule has 8 heteroatoms. The maximum absolute atomic E-state index is 11.4. The number of quaternary nitrogens is 1. The molecule has 0 aliphatic carbocycles. The van der Waals surface area contributed by atoms with E-state index in [-0.39, 0.29) is 0 Å². The highest BCUT2D eigenvalue weighted by molar-refractivity contribution is 7.54. The van der Waals surface area contributed by atoms with Crippen molar-refractivity contribution in [3.8, 4) is 0 Å². The van der Waals surface area contributed by atoms with Gasteiger partial charge in [0.05, 0.1) is 14.1 Å². The third-order valence-electron chi connectivity index (χ3n) is 2.61. The summed E-state index contributed by atoms with van der Waals surface area (Å²) in [7, 11) is -2.51. The number of carboxylic acids is 1. The predicted molar refractivity (Wildman–Crippen MR) is 56.4 cm³/mol. The Morgan fingerprint density at radius 3 is 2.12 bits per heavy atom. The number of aliphatic hydroxyl groups excluding tert-OH is 1. The van der Waals surface area contributed by atoms with Gasteiger partial charge < -0.3 is 20.0 Å². The summed E-state index contributed by atoms with van der Waals surface area (Å²) in [4.78, 5) is 29.7. The molecule has 0 fully saturated rings. The Balaban J connectivity index is 5.93. The van der Waals surface area contributed by atoms with Crippen LogP contribution in [0.25, 0.3) is 0 Å². The lowest BCUT2D eigenvalue weighted by molar-refractivity contribution is -0.935. The molecule has 94 valence electrons. The summed E-state index contributed by atoms with van der Waals surface area (Å²) in [6.07, 6.45) is 0.670. The first kappa shape index (κ1) is 15.3. The molecular weight excluding hydrogens is 237 g/mol. The molecule has 16 heavy (non-hydrogen) atoms. The van der Waals surface area contributed by atoms with Crippen molar-refractivity contribution in [1.82, 2.24) is 0 Å². The lowest BCUT2D eigenvalue weighted by Crippen LogP contribution is -2.63. The average Bonchev–Trinajstić information content (AvgIpc) is 2.10. The summed E-state index contributed by atoms with van der Waals surface area (Å²) in [5.74, 6) is -1.67. The van der Waals surface area contributed by atoms with Crippen LogP contribution >= 0.6 is 7.60 Å². The Labute approximate surface area is 93.4 Å². The first-order chi connectivity index (χ1) is 7.06. The Kier molecular flexibility index (Phi) is 4.44. The minimum Gasteiger partial charge on any atom is -0.476 e. The number of rotatable bonds is 6. The van der Waals surface area contributed by atoms with Crippen LogP contribution in [0.15, 0.2) is 12.7 Å². The molecule has 0 aliphatic heterocycles. The molecular formula is C8H17NO6P+. The zero-order chi connectivity index (χ0) is 13.2. The fourth-order valence-corrected chi connectivity index (χ4v) is 2.89. The number of aliphatic carboxylic acids is 1. The van der Waals surface area contributed by atoms with Crippen LogP contribution in [0.4, 0.5) is 0 Å². The molecule has 0 aromatic rings. The van der Waals surface area contributed by atoms with Crippen molar-refractivity contribution >= 4 is 13.6 Å². The SMILES string of the molecule is C=CCC(C(=O)O)([N+](C)(C)CO)P(=O)(O)O. The zero-order valence-electron chi connectivity index (χ0n) is 9.20. The van der Waals surface area contributed by atoms with Crippen LogP contribution in [0.3, 0.4) is 0 Å². The van der Waals surface area contributed by atoms with Crippen molar-refractivity contribution in [2.45, 2.75) is 11.7 Å². The van der Waals surface area contributed by atoms with Crippen molar-refractivity contribution < 1.29 is 33.8 Å². The maximum Gasteiger partial charge on any atom is 0.397 e. The summed E-state index contributed by atoms with van der Waals surface area (Å²) in [6.45, 7) is 2.57. The first-order valence-electron chi connectivity index (χ1n) is 4.40. The van der Waals surface area contributed by atoms with Crippen LogP contribution in [0.1, 0.15) is 6.42 Å². The molecule has 0 amide bonds. The standard InChI is InChI=1S/C8H16NO6P/c1-4-5-8(7(11)12,16(13,14)15)9(2,3)6-10/h4,10H,1,5-6H2,2-3H3,(H2-,11,12,13,14,15)/p+1. The molecule has 0 heterocycles. The average molecular weight is 254 g/mol. The van der Waals surface area contributed by atoms with Crippen molar-refractivity contribution in [3.63, 3.8) is 0 Å². The fraction of sp³-hybridized carbons (Fsp3) is 0.625. The molecule has 0 radical (unpaired) electrons. The maximum atomic E-state index is 11.4. The van der Waals surface area contributed by atoms with E-state index in [4.69, 9.17) is 10.2 Å². The van der Waals surface area contributed by atoms with E-state index in [1.165, 1.54) is 14.1 Å². The van der Waals surface area contributed by atoms with Crippen LogP contribution in [0.5, 0.6) is 0 Å². The molecule has 0 saturated heterocycles. The summed E-state index contributed by atoms with van der Waals surface area (Å²) >= 11 is 0. The van der Waals surface area contributed by atoms with Gasteiger partial charge in [0.1, 0.15) is 0 Å². The van der Waals surface area contributed by atoms with Crippen molar-refractivity contribution in [2.75, 3.05) is 20.8 Å². The number of carboxylic acid groups (broad SMARTS) is 1. The Morgan fingerprint density at radius 1 is 1.50 bits per heavy atom. The van der Waals surface area contributed by atoms with Gasteiger partial charge in [-0.3, -0.25) is 9.05 Å². The summed E-state index contributed by atoms with van der Waals surface area (Å²) in [5, 5.41) is 15.8. The molecule has 0 rings (SSSR count). The lowest BCUT2D eigenvalue weighted by Gasteiger charge is -2.43. The topological polar surface area (TPSA) is 115 Å². The minimum atomic E-state index is -4.98. The largest absolute Gasteiger partial charge is 0.476 e. The van der Waals surface area contributed by atoms with E-state index in [9.17, 15) is 19.1 Å². The monoisotopic (exact) mass is 254 g/mol. The molecule has 1 atom stereocenters. The zero-order valence-corrected chi connectivity index (χ0v) is 10.1. The van der Waals surface area contributed by atoms with Crippen LogP contribution in [0, 0.1) is 0 Å². The molecule has 0 aliphatic rings. The van der Waals surface area contributed by atoms with E-state index in [0.717, 1.165) is 6.08 Å². The van der Waals surface area contributed by atoms with Gasteiger partial charge in [0.15, 0.2) is 6.73 Å². The van der Waals surface area contributed by atoms with E-state index in [1.807, 2.05) is 0 Å². The van der Waals surface area contributed by atoms with E-state index in [1.54, 1.807) is 0 Å². The van der Waals surface area contributed by atoms with Crippen molar-refractivity contribution in [2.24, 2.45) is 0 Å². The Bertz CT molecular complexity index is 335. The van der Waals surface area contributed by atoms with Gasteiger partial charge in [0, 0.05) is 6.42 Å². The molecule has 0 aromatic carbocycles. The van der Waals surface area contributed by atoms with Crippen LogP contribution in [0.2, 0.25) is 0 Å². The Morgan fingerprint density at radius 2 is 1.94 bits per heavy atom. The third-order valence-corrected chi connectivity index (χ3v) is 4.49. The summed E-state index contributed by atoms with van der Waals surface area (Å²) in [6, 6.07) is 0. The molecule has 4 N–H and O–H groups in total. The number of hydrogen-bond acceptors (Lipinski definition) is 3. The van der Waals surface area contributed by atoms with Gasteiger partial charge in [-0.15, -0.1) is 6.58 Å². The second kappa shape index (κ2) is 4.65. The van der Waals surface area contributed by atoms with Crippen molar-refractivity contribution in [1.29, 1.82) is 0 Å². The van der Waals surface area contributed by atoms with Gasteiger partial charge in [-0.1, -0.05) is 6.08 Å². The number of nitrogens with zero attached hydrogens (tertiary/aromatic N) is 1. The third kappa shape index (κ3) is 2.18. The number of hydrogen-bond donors (Lipinski definition) is 4. The van der Waals surface area contributed by atoms with E-state index < -0.39 is 36.5 Å². The van der Waals surface area contributed by atoms with Gasteiger partial charge in [0.2, 0.25) is 0 Å². The highest BCUT2D eigenvalue weighted by atomic mass is 31.2. The van der Waals surface area contributed by atoms with E-state index >= 15 is 0 Å². The predicted octanol–water partition coefficient (Wildman–Crippen LogP) is -0.453. The lowest BCUT2D eigenvalue weighted by atomic mass is 10.1. The molecule has 0 aromatic heterocycles. The number of likely N-dealkylation sites (N-methyl/N-ethyl adjacent to an activating group) is 1. The van der Waals surface area contributed by atoms with Crippen LogP contribution < -0.4 is 0 Å². The molecule has 0 spiro atoms. The van der Waals surface area contributed by atoms with Gasteiger partial charge >= 0.3 is 18.8 Å². The normalized spacial score (nSPS) is 16.6. The van der Waals surface area contributed by atoms with Gasteiger partial charge in [-0.05, 0) is 0 Å². The fourth-order valence-electron chi connectivity index (χ4n) is 1.51. The Hall–Kier alpha value is -0.720.